The molecule has 0 saturated heterocycles. The number of hydrogen-bond donors (Lipinski definition) is 1. The molecule has 2 N–H and O–H groups in total. The van der Waals surface area contributed by atoms with E-state index in [1.807, 2.05) is 24.3 Å². The third-order valence-corrected chi connectivity index (χ3v) is 4.08. The zero-order valence-corrected chi connectivity index (χ0v) is 11.7. The first kappa shape index (κ1) is 12.8. The van der Waals surface area contributed by atoms with Gasteiger partial charge in [0.05, 0.1) is 0 Å². The molecule has 2 heterocycles. The number of nitrogens with zero attached hydrogens (tertiary/aromatic N) is 4. The summed E-state index contributed by atoms with van der Waals surface area (Å²) in [6.45, 7) is 2.13. The summed E-state index contributed by atoms with van der Waals surface area (Å²) < 4.78 is 0. The van der Waals surface area contributed by atoms with Crippen molar-refractivity contribution in [1.82, 2.24) is 19.9 Å². The first-order valence-electron chi connectivity index (χ1n) is 6.18. The van der Waals surface area contributed by atoms with Crippen molar-refractivity contribution in [3.8, 4) is 0 Å². The standard InChI is InChI=1S/C14H13N5S/c1-9(10-2-4-11(15)5-3-10)20-14-12-13(18-8-19-14)17-7-6-16-12/h2-9H,15H2,1H3. The van der Waals surface area contributed by atoms with Crippen molar-refractivity contribution in [2.45, 2.75) is 17.2 Å². The highest BCUT2D eigenvalue weighted by Gasteiger charge is 2.12. The van der Waals surface area contributed by atoms with E-state index in [0.717, 1.165) is 16.2 Å². The van der Waals surface area contributed by atoms with Crippen molar-refractivity contribution < 1.29 is 0 Å². The van der Waals surface area contributed by atoms with Gasteiger partial charge in [0.25, 0.3) is 0 Å². The average Bonchev–Trinajstić information content (AvgIpc) is 2.48. The Balaban J connectivity index is 1.91. The summed E-state index contributed by atoms with van der Waals surface area (Å²) in [5.74, 6) is 0. The molecule has 1 atom stereocenters. The zero-order chi connectivity index (χ0) is 13.9. The van der Waals surface area contributed by atoms with Crippen molar-refractivity contribution in [3.63, 3.8) is 0 Å². The Labute approximate surface area is 120 Å². The third-order valence-electron chi connectivity index (χ3n) is 2.93. The molecule has 1 unspecified atom stereocenters. The Hall–Kier alpha value is -2.21. The lowest BCUT2D eigenvalue weighted by atomic mass is 10.1. The molecule has 100 valence electrons. The van der Waals surface area contributed by atoms with Crippen LogP contribution in [0.3, 0.4) is 0 Å². The SMILES string of the molecule is CC(Sc1ncnc2nccnc12)c1ccc(N)cc1. The van der Waals surface area contributed by atoms with Crippen molar-refractivity contribution in [3.05, 3.63) is 48.5 Å². The molecule has 20 heavy (non-hydrogen) atoms. The van der Waals surface area contributed by atoms with Gasteiger partial charge in [-0.15, -0.1) is 0 Å². The second-order valence-corrected chi connectivity index (χ2v) is 5.66. The summed E-state index contributed by atoms with van der Waals surface area (Å²) in [6, 6.07) is 7.87. The highest BCUT2D eigenvalue weighted by Crippen LogP contribution is 2.35. The molecule has 0 fully saturated rings. The normalized spacial score (nSPS) is 12.4. The topological polar surface area (TPSA) is 77.6 Å². The molecule has 0 bridgehead atoms. The fraction of sp³-hybridized carbons (Fsp3) is 0.143. The van der Waals surface area contributed by atoms with E-state index in [9.17, 15) is 0 Å². The van der Waals surface area contributed by atoms with E-state index in [4.69, 9.17) is 5.73 Å². The molecule has 5 nitrogen and oxygen atoms in total. The van der Waals surface area contributed by atoms with Crippen LogP contribution < -0.4 is 5.73 Å². The summed E-state index contributed by atoms with van der Waals surface area (Å²) in [4.78, 5) is 16.9. The van der Waals surface area contributed by atoms with Gasteiger partial charge in [0.2, 0.25) is 0 Å². The lowest BCUT2D eigenvalue weighted by molar-refractivity contribution is 1.03. The van der Waals surface area contributed by atoms with E-state index in [1.165, 1.54) is 11.9 Å². The van der Waals surface area contributed by atoms with E-state index < -0.39 is 0 Å². The quantitative estimate of drug-likeness (QED) is 0.452. The Morgan fingerprint density at radius 1 is 1.00 bits per heavy atom. The number of nitrogens with two attached hydrogens (primary N) is 1. The van der Waals surface area contributed by atoms with Crippen molar-refractivity contribution >= 4 is 28.6 Å². The first-order chi connectivity index (χ1) is 9.74. The van der Waals surface area contributed by atoms with E-state index in [2.05, 4.69) is 26.9 Å². The van der Waals surface area contributed by atoms with Gasteiger partial charge >= 0.3 is 0 Å². The third kappa shape index (κ3) is 2.55. The van der Waals surface area contributed by atoms with Gasteiger partial charge in [-0.05, 0) is 24.6 Å². The maximum atomic E-state index is 5.71. The van der Waals surface area contributed by atoms with Crippen molar-refractivity contribution in [2.75, 3.05) is 5.73 Å². The van der Waals surface area contributed by atoms with Gasteiger partial charge in [-0.1, -0.05) is 23.9 Å². The average molecular weight is 283 g/mol. The largest absolute Gasteiger partial charge is 0.399 e. The minimum absolute atomic E-state index is 0.246. The van der Waals surface area contributed by atoms with Crippen LogP contribution in [0.1, 0.15) is 17.7 Å². The molecule has 0 aliphatic rings. The molecule has 6 heteroatoms. The zero-order valence-electron chi connectivity index (χ0n) is 10.9. The Bertz CT molecular complexity index is 724. The molecule has 2 aromatic heterocycles. The van der Waals surface area contributed by atoms with Crippen molar-refractivity contribution in [2.24, 2.45) is 0 Å². The van der Waals surface area contributed by atoms with Crippen LogP contribution in [0.25, 0.3) is 11.2 Å². The van der Waals surface area contributed by atoms with Gasteiger partial charge in [0.1, 0.15) is 16.9 Å². The highest BCUT2D eigenvalue weighted by atomic mass is 32.2. The number of fused-ring (bicyclic) bond motifs is 1. The maximum Gasteiger partial charge on any atom is 0.182 e. The number of rotatable bonds is 3. The van der Waals surface area contributed by atoms with E-state index >= 15 is 0 Å². The van der Waals surface area contributed by atoms with E-state index in [-0.39, 0.29) is 5.25 Å². The molecule has 3 rings (SSSR count). The monoisotopic (exact) mass is 283 g/mol. The first-order valence-corrected chi connectivity index (χ1v) is 7.06. The second-order valence-electron chi connectivity index (χ2n) is 4.33. The predicted molar refractivity (Wildman–Crippen MR) is 80.3 cm³/mol. The summed E-state index contributed by atoms with van der Waals surface area (Å²) in [5, 5.41) is 1.09. The minimum Gasteiger partial charge on any atom is -0.399 e. The van der Waals surface area contributed by atoms with Gasteiger partial charge in [-0.25, -0.2) is 19.9 Å². The van der Waals surface area contributed by atoms with Gasteiger partial charge < -0.3 is 5.73 Å². The van der Waals surface area contributed by atoms with Crippen LogP contribution in [0.15, 0.2) is 48.0 Å². The summed E-state index contributed by atoms with van der Waals surface area (Å²) in [7, 11) is 0. The fourth-order valence-electron chi connectivity index (χ4n) is 1.86. The molecule has 3 aromatic rings. The number of nitrogen functional groups attached to an aromatic ring is 1. The molecular formula is C14H13N5S. The van der Waals surface area contributed by atoms with Crippen LogP contribution >= 0.6 is 11.8 Å². The van der Waals surface area contributed by atoms with E-state index in [1.54, 1.807) is 24.2 Å². The second kappa shape index (κ2) is 5.42. The number of anilines is 1. The van der Waals surface area contributed by atoms with Crippen LogP contribution in [0.2, 0.25) is 0 Å². The van der Waals surface area contributed by atoms with Gasteiger partial charge in [0.15, 0.2) is 5.65 Å². The van der Waals surface area contributed by atoms with Crippen LogP contribution in [-0.2, 0) is 0 Å². The maximum absolute atomic E-state index is 5.71. The van der Waals surface area contributed by atoms with Crippen molar-refractivity contribution in [1.29, 1.82) is 0 Å². The van der Waals surface area contributed by atoms with Gasteiger partial charge in [-0.3, -0.25) is 0 Å². The van der Waals surface area contributed by atoms with Crippen LogP contribution in [0.5, 0.6) is 0 Å². The Morgan fingerprint density at radius 2 is 1.75 bits per heavy atom. The number of hydrogen-bond acceptors (Lipinski definition) is 6. The molecule has 1 aromatic carbocycles. The lowest BCUT2D eigenvalue weighted by Crippen LogP contribution is -1.95. The molecule has 0 radical (unpaired) electrons. The Kier molecular flexibility index (Phi) is 3.47. The minimum atomic E-state index is 0.246. The number of benzene rings is 1. The Morgan fingerprint density at radius 3 is 2.55 bits per heavy atom. The number of thioether (sulfide) groups is 1. The smallest absolute Gasteiger partial charge is 0.182 e. The van der Waals surface area contributed by atoms with Crippen LogP contribution in [0, 0.1) is 0 Å². The van der Waals surface area contributed by atoms with Gasteiger partial charge in [0, 0.05) is 23.3 Å². The summed E-state index contributed by atoms with van der Waals surface area (Å²) in [5.41, 5.74) is 9.03. The molecule has 0 saturated carbocycles. The molecule has 0 amide bonds. The van der Waals surface area contributed by atoms with E-state index in [0.29, 0.717) is 5.65 Å². The number of aromatic nitrogens is 4. The molecular weight excluding hydrogens is 270 g/mol. The lowest BCUT2D eigenvalue weighted by Gasteiger charge is -2.11. The van der Waals surface area contributed by atoms with Crippen LogP contribution in [0.4, 0.5) is 5.69 Å². The summed E-state index contributed by atoms with van der Waals surface area (Å²) >= 11 is 1.64. The highest BCUT2D eigenvalue weighted by molar-refractivity contribution is 7.99. The molecule has 0 aliphatic heterocycles. The summed E-state index contributed by atoms with van der Waals surface area (Å²) in [6.07, 6.45) is 4.81. The molecule has 0 aliphatic carbocycles. The van der Waals surface area contributed by atoms with Crippen LogP contribution in [-0.4, -0.2) is 19.9 Å². The molecule has 0 spiro atoms. The fourth-order valence-corrected chi connectivity index (χ4v) is 2.85. The predicted octanol–water partition coefficient (Wildman–Crippen LogP) is 2.86. The van der Waals surface area contributed by atoms with Gasteiger partial charge in [-0.2, -0.15) is 0 Å².